The van der Waals surface area contributed by atoms with Crippen LogP contribution >= 0.6 is 136 Å². The molecule has 2 aromatic rings. The number of aliphatic hydroxyl groups is 10. The van der Waals surface area contributed by atoms with E-state index in [0.29, 0.717) is 22.1 Å². The van der Waals surface area contributed by atoms with Crippen molar-refractivity contribution in [2.45, 2.75) is 56.7 Å². The Morgan fingerprint density at radius 3 is 1.57 bits per heavy atom. The first-order valence-corrected chi connectivity index (χ1v) is 25.1. The fraction of sp³-hybridized carbons (Fsp3) is 0.500. The highest BCUT2D eigenvalue weighted by Crippen LogP contribution is 2.41. The van der Waals surface area contributed by atoms with Gasteiger partial charge in [0.1, 0.15) is 31.0 Å². The van der Waals surface area contributed by atoms with Crippen LogP contribution in [0.25, 0.3) is 0 Å². The number of nitrogens with one attached hydrogen (secondary N) is 4. The van der Waals surface area contributed by atoms with Crippen LogP contribution in [0.4, 0.5) is 17.1 Å². The molecule has 65 heavy (non-hydrogen) atoms. The molecule has 1 saturated heterocycles. The van der Waals surface area contributed by atoms with Crippen molar-refractivity contribution in [1.82, 2.24) is 16.0 Å². The molecule has 3 rings (SSSR count). The van der Waals surface area contributed by atoms with Crippen LogP contribution in [-0.4, -0.2) is 189 Å². The van der Waals surface area contributed by atoms with Crippen LogP contribution in [0.2, 0.25) is 0 Å². The van der Waals surface area contributed by atoms with Crippen LogP contribution < -0.4 is 31.1 Å². The van der Waals surface area contributed by atoms with Gasteiger partial charge >= 0.3 is 0 Å². The minimum atomic E-state index is -1.69. The van der Waals surface area contributed by atoms with Gasteiger partial charge < -0.3 is 86.9 Å². The SMILES string of the molecule is CC(=O)Nc1c(I)c(C(=O)N[C@H]2C(O)O[C@H](CO)[C@@H](O)[C@@H]2O)c(I)c(N(C)C(C)=O)c1I.O=C(NCC(O)CO)c1c(I)c(C(=O)NCC(O)CO)c(I)c(N(CCO)C(=O)CO)c1I. The largest absolute Gasteiger partial charge is 0.395 e. The van der Waals surface area contributed by atoms with Gasteiger partial charge in [0.2, 0.25) is 11.8 Å². The summed E-state index contributed by atoms with van der Waals surface area (Å²) < 4.78 is 7.11. The van der Waals surface area contributed by atoms with Crippen LogP contribution in [0, 0.1) is 21.4 Å². The molecule has 0 bridgehead atoms. The molecule has 29 heteroatoms. The lowest BCUT2D eigenvalue weighted by atomic mass is 9.96. The first kappa shape index (κ1) is 60.3. The second-order valence-corrected chi connectivity index (χ2v) is 20.1. The topological polar surface area (TPSA) is 369 Å². The molecule has 2 aromatic carbocycles. The first-order valence-electron chi connectivity index (χ1n) is 18.6. The van der Waals surface area contributed by atoms with Crippen molar-refractivity contribution in [2.75, 3.05) is 74.8 Å². The van der Waals surface area contributed by atoms with Gasteiger partial charge in [0.05, 0.1) is 90.2 Å². The van der Waals surface area contributed by atoms with Crippen molar-refractivity contribution < 1.29 is 84.6 Å². The van der Waals surface area contributed by atoms with E-state index in [-0.39, 0.29) is 64.5 Å². The molecular formula is C36H46I6N6O17. The Balaban J connectivity index is 0.000000447. The number of anilines is 3. The minimum absolute atomic E-state index is 0.00158. The van der Waals surface area contributed by atoms with E-state index in [9.17, 15) is 69.6 Å². The Hall–Kier alpha value is -0.800. The summed E-state index contributed by atoms with van der Waals surface area (Å²) >= 11 is 11.2. The van der Waals surface area contributed by atoms with E-state index in [0.717, 1.165) is 4.90 Å². The summed E-state index contributed by atoms with van der Waals surface area (Å²) in [7, 11) is 1.53. The summed E-state index contributed by atoms with van der Waals surface area (Å²) in [5, 5.41) is 106. The number of rotatable bonds is 17. The Labute approximate surface area is 453 Å². The predicted octanol–water partition coefficient (Wildman–Crippen LogP) is -2.04. The number of carbonyl (C=O) groups excluding carboxylic acids is 6. The molecule has 0 spiro atoms. The van der Waals surface area contributed by atoms with E-state index in [1.165, 1.54) is 25.8 Å². The van der Waals surface area contributed by atoms with E-state index in [1.54, 1.807) is 22.6 Å². The lowest BCUT2D eigenvalue weighted by molar-refractivity contribution is -0.252. The number of hydrogen-bond donors (Lipinski definition) is 14. The summed E-state index contributed by atoms with van der Waals surface area (Å²) in [5.41, 5.74) is 0.932. The third-order valence-electron chi connectivity index (χ3n) is 9.02. The van der Waals surface area contributed by atoms with Gasteiger partial charge in [0.15, 0.2) is 6.29 Å². The Morgan fingerprint density at radius 2 is 1.15 bits per heavy atom. The molecule has 7 atom stereocenters. The number of aliphatic hydroxyl groups excluding tert-OH is 10. The number of amides is 6. The number of benzene rings is 2. The Bertz CT molecular complexity index is 2040. The van der Waals surface area contributed by atoms with E-state index in [4.69, 9.17) is 14.9 Å². The second kappa shape index (κ2) is 28.1. The number of carbonyl (C=O) groups is 6. The fourth-order valence-corrected chi connectivity index (χ4v) is 15.0. The van der Waals surface area contributed by atoms with Crippen molar-refractivity contribution in [1.29, 1.82) is 0 Å². The van der Waals surface area contributed by atoms with Crippen molar-refractivity contribution in [3.8, 4) is 0 Å². The van der Waals surface area contributed by atoms with Crippen LogP contribution in [-0.2, 0) is 19.1 Å². The predicted molar refractivity (Wildman–Crippen MR) is 281 cm³/mol. The molecule has 14 N–H and O–H groups in total. The quantitative estimate of drug-likeness (QED) is 0.0759. The maximum atomic E-state index is 13.2. The highest BCUT2D eigenvalue weighted by Gasteiger charge is 2.45. The molecule has 0 radical (unpaired) electrons. The average molecular weight is 1600 g/mol. The lowest BCUT2D eigenvalue weighted by Crippen LogP contribution is -2.64. The van der Waals surface area contributed by atoms with Gasteiger partial charge in [-0.25, -0.2) is 0 Å². The van der Waals surface area contributed by atoms with Crippen molar-refractivity contribution in [2.24, 2.45) is 0 Å². The molecule has 1 aliphatic heterocycles. The van der Waals surface area contributed by atoms with Crippen LogP contribution in [0.3, 0.4) is 0 Å². The molecule has 0 aliphatic carbocycles. The van der Waals surface area contributed by atoms with Crippen LogP contribution in [0.5, 0.6) is 0 Å². The molecule has 1 heterocycles. The molecule has 1 fully saturated rings. The Morgan fingerprint density at radius 1 is 0.677 bits per heavy atom. The zero-order valence-corrected chi connectivity index (χ0v) is 47.1. The number of halogens is 6. The Kier molecular flexibility index (Phi) is 26.1. The highest BCUT2D eigenvalue weighted by molar-refractivity contribution is 14.1. The summed E-state index contributed by atoms with van der Waals surface area (Å²) in [6, 6.07) is -1.40. The summed E-state index contributed by atoms with van der Waals surface area (Å²) in [6.07, 6.45) is -8.49. The molecule has 6 amide bonds. The molecule has 23 nitrogen and oxygen atoms in total. The molecule has 364 valence electrons. The average Bonchev–Trinajstić information content (AvgIpc) is 3.25. The van der Waals surface area contributed by atoms with E-state index in [1.807, 2.05) is 113 Å². The maximum absolute atomic E-state index is 13.2. The molecule has 3 unspecified atom stereocenters. The number of hydrogen-bond acceptors (Lipinski definition) is 17. The minimum Gasteiger partial charge on any atom is -0.395 e. The third kappa shape index (κ3) is 15.3. The molecule has 0 aromatic heterocycles. The highest BCUT2D eigenvalue weighted by atomic mass is 127. The van der Waals surface area contributed by atoms with Gasteiger partial charge in [-0.15, -0.1) is 0 Å². The van der Waals surface area contributed by atoms with Gasteiger partial charge in [-0.3, -0.25) is 28.8 Å². The van der Waals surface area contributed by atoms with Crippen molar-refractivity contribution in [3.63, 3.8) is 0 Å². The monoisotopic (exact) mass is 1600 g/mol. The van der Waals surface area contributed by atoms with Gasteiger partial charge in [0.25, 0.3) is 23.6 Å². The van der Waals surface area contributed by atoms with Gasteiger partial charge in [-0.05, 0) is 136 Å². The zero-order valence-electron chi connectivity index (χ0n) is 34.2. The van der Waals surface area contributed by atoms with Crippen LogP contribution in [0.1, 0.15) is 44.9 Å². The maximum Gasteiger partial charge on any atom is 0.254 e. The summed E-state index contributed by atoms with van der Waals surface area (Å²) in [5.74, 6) is -3.58. The van der Waals surface area contributed by atoms with Crippen molar-refractivity contribution in [3.05, 3.63) is 38.1 Å². The van der Waals surface area contributed by atoms with Gasteiger partial charge in [-0.2, -0.15) is 0 Å². The van der Waals surface area contributed by atoms with Gasteiger partial charge in [-0.1, -0.05) is 0 Å². The summed E-state index contributed by atoms with van der Waals surface area (Å²) in [4.78, 5) is 77.8. The second-order valence-electron chi connectivity index (χ2n) is 13.6. The number of nitrogens with zero attached hydrogens (tertiary/aromatic N) is 2. The smallest absolute Gasteiger partial charge is 0.254 e. The van der Waals surface area contributed by atoms with Crippen molar-refractivity contribution >= 4 is 188 Å². The van der Waals surface area contributed by atoms with E-state index < -0.39 is 99.5 Å². The third-order valence-corrected chi connectivity index (χ3v) is 15.4. The van der Waals surface area contributed by atoms with E-state index in [2.05, 4.69) is 21.3 Å². The van der Waals surface area contributed by atoms with Crippen LogP contribution in [0.15, 0.2) is 0 Å². The zero-order chi connectivity index (χ0) is 49.8. The van der Waals surface area contributed by atoms with E-state index >= 15 is 0 Å². The molecule has 1 aliphatic rings. The van der Waals surface area contributed by atoms with Gasteiger partial charge in [0, 0.05) is 44.1 Å². The fourth-order valence-electron chi connectivity index (χ4n) is 5.62. The lowest BCUT2D eigenvalue weighted by Gasteiger charge is -2.40. The first-order chi connectivity index (χ1) is 30.4. The summed E-state index contributed by atoms with van der Waals surface area (Å²) in [6.45, 7) is -1.25. The normalized spacial score (nSPS) is 18.9. The molecule has 0 saturated carbocycles. The molecular weight excluding hydrogens is 1550 g/mol. The standard InChI is InChI=1S/C18H24I3N3O9.C18H22I3N3O8/c19-13-11(17(32)22-3-8(29)5-26)14(20)16(24(1-2-25)10(31)7-28)15(21)12(13)18(33)23-4-9(30)6-27;1-5(26)22-12-9(19)8(10(20)14(11(12)21)24(3)6(2)27)17(30)23-13-16(29)15(28)7(4-25)32-18(13)31/h8-9,25-30H,1-7H2,(H,22,32)(H,23,33);7,13,15-16,18,25,28-29,31H,4H2,1-3H3,(H,22,26)(H,23,30)/t;7-,13-,15-,16-,18?/m.1/s1. The number of ether oxygens (including phenoxy) is 1.